The molecule has 0 aliphatic heterocycles. The van der Waals surface area contributed by atoms with Crippen LogP contribution >= 0.6 is 0 Å². The lowest BCUT2D eigenvalue weighted by atomic mass is 10.1. The Labute approximate surface area is 95.3 Å². The summed E-state index contributed by atoms with van der Waals surface area (Å²) in [7, 11) is 0. The highest BCUT2D eigenvalue weighted by Gasteiger charge is 2.08. The molecule has 0 aliphatic rings. The third-order valence-corrected chi connectivity index (χ3v) is 2.60. The van der Waals surface area contributed by atoms with Crippen LogP contribution in [0, 0.1) is 24.2 Å². The molecule has 0 saturated heterocycles. The Morgan fingerprint density at radius 1 is 1.44 bits per heavy atom. The van der Waals surface area contributed by atoms with Crippen molar-refractivity contribution >= 4 is 10.9 Å². The van der Waals surface area contributed by atoms with E-state index in [2.05, 4.69) is 25.0 Å². The first-order valence-electron chi connectivity index (χ1n) is 5.49. The van der Waals surface area contributed by atoms with E-state index in [0.29, 0.717) is 11.5 Å². The van der Waals surface area contributed by atoms with Gasteiger partial charge >= 0.3 is 0 Å². The number of rotatable bonds is 2. The number of hydrogen-bond acceptors (Lipinski definition) is 2. The topological polar surface area (TPSA) is 41.6 Å². The maximum atomic E-state index is 8.86. The second-order valence-electron chi connectivity index (χ2n) is 4.51. The van der Waals surface area contributed by atoms with Gasteiger partial charge in [0, 0.05) is 11.9 Å². The highest BCUT2D eigenvalue weighted by molar-refractivity contribution is 5.83. The molecule has 0 radical (unpaired) electrons. The molecule has 1 aromatic carbocycles. The van der Waals surface area contributed by atoms with Crippen molar-refractivity contribution in [1.82, 2.24) is 9.78 Å². The van der Waals surface area contributed by atoms with E-state index in [1.165, 1.54) is 0 Å². The number of benzene rings is 1. The molecule has 0 saturated carbocycles. The Balaban J connectivity index is 2.59. The van der Waals surface area contributed by atoms with E-state index in [4.69, 9.17) is 5.26 Å². The fourth-order valence-corrected chi connectivity index (χ4v) is 1.89. The molecule has 2 aromatic rings. The van der Waals surface area contributed by atoms with E-state index in [0.717, 1.165) is 23.1 Å². The van der Waals surface area contributed by atoms with Gasteiger partial charge in [0.15, 0.2) is 0 Å². The fraction of sp³-hybridized carbons (Fsp3) is 0.385. The number of nitriles is 1. The van der Waals surface area contributed by atoms with Gasteiger partial charge in [0.2, 0.25) is 0 Å². The standard InChI is InChI=1S/C13H15N3/c1-9(2)8-16-13-5-4-11(7-14)6-12(13)10(3)15-16/h4-6,9H,8H2,1-3H3. The maximum absolute atomic E-state index is 8.86. The smallest absolute Gasteiger partial charge is 0.0991 e. The van der Waals surface area contributed by atoms with Crippen molar-refractivity contribution in [3.05, 3.63) is 29.5 Å². The van der Waals surface area contributed by atoms with Crippen LogP contribution in [0.2, 0.25) is 0 Å². The molecule has 3 heteroatoms. The lowest BCUT2D eigenvalue weighted by Gasteiger charge is -2.05. The quantitative estimate of drug-likeness (QED) is 0.769. The summed E-state index contributed by atoms with van der Waals surface area (Å²) in [4.78, 5) is 0. The molecular weight excluding hydrogens is 198 g/mol. The predicted molar refractivity (Wildman–Crippen MR) is 64.0 cm³/mol. The van der Waals surface area contributed by atoms with Crippen molar-refractivity contribution in [2.75, 3.05) is 0 Å². The summed E-state index contributed by atoms with van der Waals surface area (Å²) < 4.78 is 2.02. The Hall–Kier alpha value is -1.82. The molecule has 1 heterocycles. The average Bonchev–Trinajstić information content (AvgIpc) is 2.54. The molecule has 1 aromatic heterocycles. The van der Waals surface area contributed by atoms with Gasteiger partial charge < -0.3 is 0 Å². The molecule has 0 atom stereocenters. The molecule has 82 valence electrons. The minimum absolute atomic E-state index is 0.568. The van der Waals surface area contributed by atoms with E-state index in [1.807, 2.05) is 29.8 Å². The lowest BCUT2D eigenvalue weighted by molar-refractivity contribution is 0.493. The zero-order chi connectivity index (χ0) is 11.7. The molecule has 0 bridgehead atoms. The van der Waals surface area contributed by atoms with Crippen LogP contribution in [-0.4, -0.2) is 9.78 Å². The second-order valence-corrected chi connectivity index (χ2v) is 4.51. The monoisotopic (exact) mass is 213 g/mol. The number of hydrogen-bond donors (Lipinski definition) is 0. The third-order valence-electron chi connectivity index (χ3n) is 2.60. The minimum Gasteiger partial charge on any atom is -0.264 e. The van der Waals surface area contributed by atoms with Crippen LogP contribution in [0.15, 0.2) is 18.2 Å². The highest BCUT2D eigenvalue weighted by Crippen LogP contribution is 2.20. The largest absolute Gasteiger partial charge is 0.264 e. The van der Waals surface area contributed by atoms with Gasteiger partial charge in [0.05, 0.1) is 22.8 Å². The fourth-order valence-electron chi connectivity index (χ4n) is 1.89. The van der Waals surface area contributed by atoms with Crippen molar-refractivity contribution in [2.24, 2.45) is 5.92 Å². The molecule has 16 heavy (non-hydrogen) atoms. The Morgan fingerprint density at radius 2 is 2.19 bits per heavy atom. The van der Waals surface area contributed by atoms with Gasteiger partial charge in [-0.2, -0.15) is 10.4 Å². The Morgan fingerprint density at radius 3 is 2.81 bits per heavy atom. The molecule has 0 unspecified atom stereocenters. The highest BCUT2D eigenvalue weighted by atomic mass is 15.3. The van der Waals surface area contributed by atoms with Gasteiger partial charge in [0.1, 0.15) is 0 Å². The molecule has 3 nitrogen and oxygen atoms in total. The van der Waals surface area contributed by atoms with Crippen LogP contribution < -0.4 is 0 Å². The van der Waals surface area contributed by atoms with E-state index < -0.39 is 0 Å². The van der Waals surface area contributed by atoms with Crippen LogP contribution in [0.5, 0.6) is 0 Å². The first-order valence-corrected chi connectivity index (χ1v) is 5.49. The minimum atomic E-state index is 0.568. The van der Waals surface area contributed by atoms with Crippen molar-refractivity contribution < 1.29 is 0 Å². The van der Waals surface area contributed by atoms with Crippen LogP contribution in [0.25, 0.3) is 10.9 Å². The first-order chi connectivity index (χ1) is 7.61. The zero-order valence-electron chi connectivity index (χ0n) is 9.86. The van der Waals surface area contributed by atoms with Crippen LogP contribution in [0.1, 0.15) is 25.1 Å². The number of fused-ring (bicyclic) bond motifs is 1. The van der Waals surface area contributed by atoms with E-state index in [1.54, 1.807) is 0 Å². The molecule has 0 N–H and O–H groups in total. The van der Waals surface area contributed by atoms with Crippen molar-refractivity contribution in [1.29, 1.82) is 5.26 Å². The molecule has 0 aliphatic carbocycles. The van der Waals surface area contributed by atoms with Crippen molar-refractivity contribution in [2.45, 2.75) is 27.3 Å². The van der Waals surface area contributed by atoms with E-state index in [9.17, 15) is 0 Å². The zero-order valence-corrected chi connectivity index (χ0v) is 9.86. The summed E-state index contributed by atoms with van der Waals surface area (Å²) in [5.41, 5.74) is 2.80. The van der Waals surface area contributed by atoms with E-state index in [-0.39, 0.29) is 0 Å². The van der Waals surface area contributed by atoms with Crippen LogP contribution in [0.3, 0.4) is 0 Å². The summed E-state index contributed by atoms with van der Waals surface area (Å²) in [6.07, 6.45) is 0. The number of aromatic nitrogens is 2. The third kappa shape index (κ3) is 1.79. The van der Waals surface area contributed by atoms with Gasteiger partial charge in [-0.25, -0.2) is 0 Å². The molecule has 0 amide bonds. The lowest BCUT2D eigenvalue weighted by Crippen LogP contribution is -2.05. The molecular formula is C13H15N3. The van der Waals surface area contributed by atoms with Crippen molar-refractivity contribution in [3.8, 4) is 6.07 Å². The van der Waals surface area contributed by atoms with Gasteiger partial charge in [0.25, 0.3) is 0 Å². The summed E-state index contributed by atoms with van der Waals surface area (Å²) in [5.74, 6) is 0.568. The van der Waals surface area contributed by atoms with Gasteiger partial charge in [-0.05, 0) is 31.0 Å². The molecule has 0 fully saturated rings. The number of nitrogens with zero attached hydrogens (tertiary/aromatic N) is 3. The Kier molecular flexibility index (Phi) is 2.66. The molecule has 0 spiro atoms. The summed E-state index contributed by atoms with van der Waals surface area (Å²) in [6, 6.07) is 7.90. The van der Waals surface area contributed by atoms with Gasteiger partial charge in [-0.1, -0.05) is 13.8 Å². The van der Waals surface area contributed by atoms with Crippen LogP contribution in [-0.2, 0) is 6.54 Å². The second kappa shape index (κ2) is 3.97. The predicted octanol–water partition coefficient (Wildman–Crippen LogP) is 2.87. The molecule has 2 rings (SSSR count). The normalized spacial score (nSPS) is 10.9. The first kappa shape index (κ1) is 10.7. The summed E-state index contributed by atoms with van der Waals surface area (Å²) in [5, 5.41) is 14.5. The van der Waals surface area contributed by atoms with E-state index >= 15 is 0 Å². The summed E-state index contributed by atoms with van der Waals surface area (Å²) in [6.45, 7) is 7.25. The summed E-state index contributed by atoms with van der Waals surface area (Å²) >= 11 is 0. The maximum Gasteiger partial charge on any atom is 0.0991 e. The SMILES string of the molecule is Cc1nn(CC(C)C)c2ccc(C#N)cc12. The van der Waals surface area contributed by atoms with Crippen LogP contribution in [0.4, 0.5) is 0 Å². The number of aryl methyl sites for hydroxylation is 1. The average molecular weight is 213 g/mol. The van der Waals surface area contributed by atoms with Crippen molar-refractivity contribution in [3.63, 3.8) is 0 Å². The Bertz CT molecular complexity index is 558. The van der Waals surface area contributed by atoms with Gasteiger partial charge in [-0.3, -0.25) is 4.68 Å². The van der Waals surface area contributed by atoms with Gasteiger partial charge in [-0.15, -0.1) is 0 Å².